The van der Waals surface area contributed by atoms with Crippen molar-refractivity contribution in [2.75, 3.05) is 18.5 Å². The Morgan fingerprint density at radius 2 is 2.27 bits per heavy atom. The van der Waals surface area contributed by atoms with E-state index in [4.69, 9.17) is 14.6 Å². The molecule has 1 rings (SSSR count). The number of aliphatic hydroxyl groups excluding tert-OH is 1. The van der Waals surface area contributed by atoms with Crippen LogP contribution in [0.25, 0.3) is 0 Å². The van der Waals surface area contributed by atoms with Crippen LogP contribution in [0.3, 0.4) is 0 Å². The highest BCUT2D eigenvalue weighted by Gasteiger charge is 2.09. The minimum Gasteiger partial charge on any atom is -0.476 e. The van der Waals surface area contributed by atoms with Crippen LogP contribution in [-0.2, 0) is 0 Å². The summed E-state index contributed by atoms with van der Waals surface area (Å²) in [6.07, 6.45) is 3.66. The van der Waals surface area contributed by atoms with Gasteiger partial charge in [-0.3, -0.25) is 0 Å². The van der Waals surface area contributed by atoms with Crippen LogP contribution >= 0.6 is 0 Å². The molecule has 0 aliphatic heterocycles. The van der Waals surface area contributed by atoms with E-state index in [1.165, 1.54) is 0 Å². The molecule has 0 aromatic carbocycles. The number of nitrogens with one attached hydrogen (secondary N) is 1. The number of anilines is 1. The SMILES string of the molecule is O=C(O)c1coc(NCCCCCO)n1. The van der Waals surface area contributed by atoms with Gasteiger partial charge in [-0.2, -0.15) is 4.98 Å². The van der Waals surface area contributed by atoms with E-state index in [0.29, 0.717) is 6.54 Å². The average molecular weight is 214 g/mol. The second kappa shape index (κ2) is 6.02. The van der Waals surface area contributed by atoms with Gasteiger partial charge >= 0.3 is 5.97 Å². The maximum absolute atomic E-state index is 10.5. The maximum Gasteiger partial charge on any atom is 0.357 e. The van der Waals surface area contributed by atoms with Gasteiger partial charge in [-0.1, -0.05) is 0 Å². The fourth-order valence-corrected chi connectivity index (χ4v) is 1.06. The van der Waals surface area contributed by atoms with Gasteiger partial charge in [0.1, 0.15) is 6.26 Å². The summed E-state index contributed by atoms with van der Waals surface area (Å²) in [6.45, 7) is 0.849. The third kappa shape index (κ3) is 3.99. The summed E-state index contributed by atoms with van der Waals surface area (Å²) in [6, 6.07) is 0.219. The molecule has 1 aromatic rings. The molecule has 15 heavy (non-hydrogen) atoms. The molecule has 1 heterocycles. The van der Waals surface area contributed by atoms with Crippen LogP contribution in [0.2, 0.25) is 0 Å². The van der Waals surface area contributed by atoms with E-state index in [2.05, 4.69) is 10.3 Å². The highest BCUT2D eigenvalue weighted by Crippen LogP contribution is 2.07. The Balaban J connectivity index is 2.23. The van der Waals surface area contributed by atoms with Crippen molar-refractivity contribution in [3.8, 4) is 0 Å². The molecule has 6 heteroatoms. The summed E-state index contributed by atoms with van der Waals surface area (Å²) >= 11 is 0. The molecule has 0 saturated carbocycles. The van der Waals surface area contributed by atoms with Crippen LogP contribution in [-0.4, -0.2) is 34.3 Å². The Hall–Kier alpha value is -1.56. The first-order valence-electron chi connectivity index (χ1n) is 4.77. The van der Waals surface area contributed by atoms with Gasteiger partial charge < -0.3 is 19.9 Å². The molecule has 1 aromatic heterocycles. The molecular formula is C9H14N2O4. The van der Waals surface area contributed by atoms with Gasteiger partial charge in [0, 0.05) is 13.2 Å². The molecule has 3 N–H and O–H groups in total. The lowest BCUT2D eigenvalue weighted by molar-refractivity contribution is 0.0690. The predicted octanol–water partition coefficient (Wildman–Crippen LogP) is 0.947. The quantitative estimate of drug-likeness (QED) is 0.585. The first kappa shape index (κ1) is 11.5. The molecule has 0 amide bonds. The summed E-state index contributed by atoms with van der Waals surface area (Å²) in [7, 11) is 0. The fourth-order valence-electron chi connectivity index (χ4n) is 1.06. The first-order valence-corrected chi connectivity index (χ1v) is 4.77. The van der Waals surface area contributed by atoms with Crippen LogP contribution in [0.15, 0.2) is 10.7 Å². The number of hydrogen-bond donors (Lipinski definition) is 3. The second-order valence-corrected chi connectivity index (χ2v) is 3.05. The van der Waals surface area contributed by atoms with Crippen molar-refractivity contribution in [3.63, 3.8) is 0 Å². The van der Waals surface area contributed by atoms with Crippen molar-refractivity contribution < 1.29 is 19.4 Å². The molecule has 0 saturated heterocycles. The Morgan fingerprint density at radius 3 is 2.87 bits per heavy atom. The molecule has 0 fully saturated rings. The summed E-state index contributed by atoms with van der Waals surface area (Å²) in [4.78, 5) is 14.2. The van der Waals surface area contributed by atoms with E-state index >= 15 is 0 Å². The minimum absolute atomic E-state index is 0.104. The molecule has 0 bridgehead atoms. The summed E-state index contributed by atoms with van der Waals surface area (Å²) in [5.74, 6) is -1.10. The van der Waals surface area contributed by atoms with Gasteiger partial charge in [-0.15, -0.1) is 0 Å². The minimum atomic E-state index is -1.10. The predicted molar refractivity (Wildman–Crippen MR) is 52.9 cm³/mol. The number of oxazole rings is 1. The zero-order chi connectivity index (χ0) is 11.1. The number of aromatic carboxylic acids is 1. The highest BCUT2D eigenvalue weighted by molar-refractivity contribution is 5.85. The number of carboxylic acid groups (broad SMARTS) is 1. The van der Waals surface area contributed by atoms with Gasteiger partial charge in [-0.05, 0) is 19.3 Å². The second-order valence-electron chi connectivity index (χ2n) is 3.05. The van der Waals surface area contributed by atoms with Crippen molar-refractivity contribution in [1.29, 1.82) is 0 Å². The van der Waals surface area contributed by atoms with Crippen LogP contribution in [0.4, 0.5) is 6.01 Å². The Morgan fingerprint density at radius 1 is 1.47 bits per heavy atom. The Bertz CT molecular complexity index is 311. The Kier molecular flexibility index (Phi) is 4.62. The molecule has 0 aliphatic carbocycles. The summed E-state index contributed by atoms with van der Waals surface area (Å²) in [5, 5.41) is 19.9. The van der Waals surface area contributed by atoms with Gasteiger partial charge in [0.2, 0.25) is 0 Å². The maximum atomic E-state index is 10.5. The lowest BCUT2D eigenvalue weighted by atomic mass is 10.2. The molecule has 0 spiro atoms. The molecule has 0 aliphatic rings. The van der Waals surface area contributed by atoms with Crippen molar-refractivity contribution >= 4 is 12.0 Å². The smallest absolute Gasteiger partial charge is 0.357 e. The normalized spacial score (nSPS) is 10.2. The fraction of sp³-hybridized carbons (Fsp3) is 0.556. The van der Waals surface area contributed by atoms with E-state index in [0.717, 1.165) is 25.5 Å². The van der Waals surface area contributed by atoms with E-state index in [1.54, 1.807) is 0 Å². The van der Waals surface area contributed by atoms with Gasteiger partial charge in [-0.25, -0.2) is 4.79 Å². The van der Waals surface area contributed by atoms with E-state index in [-0.39, 0.29) is 18.3 Å². The first-order chi connectivity index (χ1) is 7.24. The van der Waals surface area contributed by atoms with E-state index in [1.807, 2.05) is 0 Å². The van der Waals surface area contributed by atoms with Crippen molar-refractivity contribution in [2.45, 2.75) is 19.3 Å². The molecular weight excluding hydrogens is 200 g/mol. The number of aliphatic hydroxyl groups is 1. The van der Waals surface area contributed by atoms with Crippen LogP contribution in [0.5, 0.6) is 0 Å². The molecule has 84 valence electrons. The number of unbranched alkanes of at least 4 members (excludes halogenated alkanes) is 2. The number of rotatable bonds is 7. The van der Waals surface area contributed by atoms with E-state index < -0.39 is 5.97 Å². The van der Waals surface area contributed by atoms with Crippen LogP contribution in [0, 0.1) is 0 Å². The van der Waals surface area contributed by atoms with Gasteiger partial charge in [0.15, 0.2) is 5.69 Å². The Labute approximate surface area is 86.9 Å². The highest BCUT2D eigenvalue weighted by atomic mass is 16.4. The van der Waals surface area contributed by atoms with E-state index in [9.17, 15) is 4.79 Å². The van der Waals surface area contributed by atoms with Crippen molar-refractivity contribution in [3.05, 3.63) is 12.0 Å². The summed E-state index contributed by atoms with van der Waals surface area (Å²) in [5.41, 5.74) is -0.104. The third-order valence-electron chi connectivity index (χ3n) is 1.83. The average Bonchev–Trinajstić information content (AvgIpc) is 2.66. The number of nitrogens with zero attached hydrogens (tertiary/aromatic N) is 1. The zero-order valence-corrected chi connectivity index (χ0v) is 8.27. The van der Waals surface area contributed by atoms with Crippen molar-refractivity contribution in [2.24, 2.45) is 0 Å². The summed E-state index contributed by atoms with van der Waals surface area (Å²) < 4.78 is 4.88. The monoisotopic (exact) mass is 214 g/mol. The molecule has 0 atom stereocenters. The standard InChI is InChI=1S/C9H14N2O4/c12-5-3-1-2-4-10-9-11-7(6-15-9)8(13)14/h6,12H,1-5H2,(H,10,11)(H,13,14). The van der Waals surface area contributed by atoms with Crippen molar-refractivity contribution in [1.82, 2.24) is 4.98 Å². The largest absolute Gasteiger partial charge is 0.476 e. The van der Waals surface area contributed by atoms with Gasteiger partial charge in [0.05, 0.1) is 0 Å². The van der Waals surface area contributed by atoms with Crippen LogP contribution in [0.1, 0.15) is 29.8 Å². The molecule has 6 nitrogen and oxygen atoms in total. The molecule has 0 radical (unpaired) electrons. The number of carbonyl (C=O) groups is 1. The number of aromatic nitrogens is 1. The lowest BCUT2D eigenvalue weighted by Gasteiger charge is -1.99. The molecule has 0 unspecified atom stereocenters. The lowest BCUT2D eigenvalue weighted by Crippen LogP contribution is -2.03. The van der Waals surface area contributed by atoms with Crippen LogP contribution < -0.4 is 5.32 Å². The van der Waals surface area contributed by atoms with Gasteiger partial charge in [0.25, 0.3) is 6.01 Å². The zero-order valence-electron chi connectivity index (χ0n) is 8.27. The third-order valence-corrected chi connectivity index (χ3v) is 1.83. The number of hydrogen-bond acceptors (Lipinski definition) is 5. The topological polar surface area (TPSA) is 95.6 Å². The number of carboxylic acids is 1.